The summed E-state index contributed by atoms with van der Waals surface area (Å²) >= 11 is 0. The van der Waals surface area contributed by atoms with Crippen LogP contribution < -0.4 is 0 Å². The molecule has 0 aliphatic heterocycles. The van der Waals surface area contributed by atoms with Crippen molar-refractivity contribution < 1.29 is 19.1 Å². The van der Waals surface area contributed by atoms with Crippen molar-refractivity contribution in [2.45, 2.75) is 38.0 Å². The zero-order valence-corrected chi connectivity index (χ0v) is 16.7. The van der Waals surface area contributed by atoms with Gasteiger partial charge in [0.2, 0.25) is 0 Å². The smallest absolute Gasteiger partial charge is 0.323 e. The molecule has 3 atom stereocenters. The van der Waals surface area contributed by atoms with Gasteiger partial charge < -0.3 is 14.0 Å². The molecule has 0 bridgehead atoms. The first-order valence-electron chi connectivity index (χ1n) is 9.81. The summed E-state index contributed by atoms with van der Waals surface area (Å²) in [6, 6.07) is 11.7. The monoisotopic (exact) mass is 395 g/mol. The highest BCUT2D eigenvalue weighted by atomic mass is 16.5. The second-order valence-corrected chi connectivity index (χ2v) is 7.30. The Kier molecular flexibility index (Phi) is 6.32. The highest BCUT2D eigenvalue weighted by Gasteiger charge is 2.64. The van der Waals surface area contributed by atoms with Gasteiger partial charge in [-0.05, 0) is 37.3 Å². The molecule has 7 nitrogen and oxygen atoms in total. The van der Waals surface area contributed by atoms with Gasteiger partial charge in [-0.3, -0.25) is 9.59 Å². The van der Waals surface area contributed by atoms with E-state index in [-0.39, 0.29) is 12.3 Å². The van der Waals surface area contributed by atoms with Crippen molar-refractivity contribution in [1.29, 1.82) is 5.26 Å². The number of aromatic nitrogens is 2. The van der Waals surface area contributed by atoms with Crippen molar-refractivity contribution in [3.05, 3.63) is 48.5 Å². The first kappa shape index (κ1) is 20.6. The molecule has 0 radical (unpaired) electrons. The molecule has 2 aromatic rings. The summed E-state index contributed by atoms with van der Waals surface area (Å²) in [7, 11) is 1.34. The third-order valence-electron chi connectivity index (χ3n) is 5.45. The number of esters is 2. The molecule has 1 saturated carbocycles. The molecule has 152 valence electrons. The van der Waals surface area contributed by atoms with Gasteiger partial charge in [-0.15, -0.1) is 0 Å². The van der Waals surface area contributed by atoms with Gasteiger partial charge in [-0.1, -0.05) is 31.5 Å². The molecular formula is C22H25N3O4. The van der Waals surface area contributed by atoms with Crippen molar-refractivity contribution in [2.24, 2.45) is 11.8 Å². The normalized spacial score (nSPS) is 21.1. The largest absolute Gasteiger partial charge is 0.468 e. The maximum absolute atomic E-state index is 12.6. The van der Waals surface area contributed by atoms with Crippen LogP contribution in [0.3, 0.4) is 0 Å². The predicted molar refractivity (Wildman–Crippen MR) is 105 cm³/mol. The van der Waals surface area contributed by atoms with Crippen molar-refractivity contribution in [3.8, 4) is 11.8 Å². The van der Waals surface area contributed by atoms with Gasteiger partial charge in [0.25, 0.3) is 0 Å². The van der Waals surface area contributed by atoms with Crippen LogP contribution in [0.2, 0.25) is 0 Å². The molecule has 0 amide bonds. The number of hydrogen-bond donors (Lipinski definition) is 0. The molecule has 29 heavy (non-hydrogen) atoms. The fourth-order valence-electron chi connectivity index (χ4n) is 3.66. The number of rotatable bonds is 9. The lowest BCUT2D eigenvalue weighted by Crippen LogP contribution is -2.27. The number of ether oxygens (including phenoxy) is 2. The second-order valence-electron chi connectivity index (χ2n) is 7.30. The van der Waals surface area contributed by atoms with Gasteiger partial charge >= 0.3 is 11.9 Å². The van der Waals surface area contributed by atoms with Crippen LogP contribution in [0.15, 0.2) is 42.9 Å². The number of carbonyl (C=O) groups excluding carboxylic acids is 2. The van der Waals surface area contributed by atoms with E-state index in [9.17, 15) is 14.9 Å². The van der Waals surface area contributed by atoms with Crippen LogP contribution in [0.4, 0.5) is 0 Å². The Hall–Kier alpha value is -3.14. The Morgan fingerprint density at radius 3 is 2.79 bits per heavy atom. The quantitative estimate of drug-likeness (QED) is 0.478. The molecule has 1 fully saturated rings. The van der Waals surface area contributed by atoms with E-state index < -0.39 is 23.3 Å². The number of para-hydroxylation sites is 1. The molecule has 0 spiro atoms. The van der Waals surface area contributed by atoms with E-state index in [0.717, 1.165) is 18.5 Å². The number of benzene rings is 1. The van der Waals surface area contributed by atoms with E-state index in [2.05, 4.69) is 4.98 Å². The highest BCUT2D eigenvalue weighted by Crippen LogP contribution is 2.57. The number of carbonyl (C=O) groups is 2. The van der Waals surface area contributed by atoms with Crippen LogP contribution in [-0.4, -0.2) is 35.2 Å². The molecular weight excluding hydrogens is 370 g/mol. The van der Waals surface area contributed by atoms with Crippen LogP contribution in [0, 0.1) is 23.2 Å². The van der Waals surface area contributed by atoms with Gasteiger partial charge in [0, 0.05) is 11.9 Å². The van der Waals surface area contributed by atoms with E-state index in [1.165, 1.54) is 7.11 Å². The van der Waals surface area contributed by atoms with Crippen molar-refractivity contribution in [1.82, 2.24) is 9.55 Å². The van der Waals surface area contributed by atoms with Crippen LogP contribution in [0.1, 0.15) is 38.3 Å². The van der Waals surface area contributed by atoms with Crippen molar-refractivity contribution in [3.63, 3.8) is 0 Å². The molecule has 1 unspecified atom stereocenters. The molecule has 1 aliphatic carbocycles. The zero-order chi connectivity index (χ0) is 20.9. The van der Waals surface area contributed by atoms with Crippen molar-refractivity contribution >= 4 is 11.9 Å². The average Bonchev–Trinajstić information content (AvgIpc) is 3.25. The number of methoxy groups -OCH3 is 1. The van der Waals surface area contributed by atoms with E-state index >= 15 is 0 Å². The van der Waals surface area contributed by atoms with E-state index in [4.69, 9.17) is 9.47 Å². The minimum absolute atomic E-state index is 0.197. The maximum Gasteiger partial charge on any atom is 0.323 e. The molecule has 0 saturated heterocycles. The molecule has 7 heteroatoms. The van der Waals surface area contributed by atoms with Crippen LogP contribution in [-0.2, 0) is 24.5 Å². The van der Waals surface area contributed by atoms with Gasteiger partial charge in [-0.25, -0.2) is 4.98 Å². The minimum Gasteiger partial charge on any atom is -0.468 e. The Morgan fingerprint density at radius 2 is 2.14 bits per heavy atom. The van der Waals surface area contributed by atoms with Crippen LogP contribution in [0.25, 0.3) is 5.69 Å². The topological polar surface area (TPSA) is 94.2 Å². The summed E-state index contributed by atoms with van der Waals surface area (Å²) in [5.41, 5.74) is 0.597. The highest BCUT2D eigenvalue weighted by molar-refractivity contribution is 5.87. The van der Waals surface area contributed by atoms with Gasteiger partial charge in [0.15, 0.2) is 0 Å². The Morgan fingerprint density at radius 1 is 1.38 bits per heavy atom. The Balaban J connectivity index is 1.77. The summed E-state index contributed by atoms with van der Waals surface area (Å²) in [4.78, 5) is 29.3. The fourth-order valence-corrected chi connectivity index (χ4v) is 3.66. The van der Waals surface area contributed by atoms with Gasteiger partial charge in [0.05, 0.1) is 31.8 Å². The molecule has 3 rings (SSSR count). The third kappa shape index (κ3) is 4.16. The number of nitriles is 1. The number of nitrogens with zero attached hydrogens (tertiary/aromatic N) is 3. The standard InChI is InChI=1S/C22H25N3O4/c1-3-4-10-29-20(26)16(13-23)11-17-12-22(17,21(27)28-2)19-14-25(15-24-19)18-8-6-5-7-9-18/h5-9,14-17H,3-4,10-12H2,1-2H3/t16?,17-,22+/m0/s1. The number of unbranched alkanes of at least 4 members (excludes halogenated alkanes) is 1. The molecule has 1 aliphatic rings. The summed E-state index contributed by atoms with van der Waals surface area (Å²) in [6.07, 6.45) is 5.87. The maximum atomic E-state index is 12.6. The molecule has 1 aromatic carbocycles. The van der Waals surface area contributed by atoms with Crippen molar-refractivity contribution in [2.75, 3.05) is 13.7 Å². The third-order valence-corrected chi connectivity index (χ3v) is 5.45. The molecule has 0 N–H and O–H groups in total. The number of imidazole rings is 1. The fraction of sp³-hybridized carbons (Fsp3) is 0.455. The lowest BCUT2D eigenvalue weighted by atomic mass is 9.94. The minimum atomic E-state index is -0.923. The average molecular weight is 395 g/mol. The Labute approximate surface area is 170 Å². The molecule has 1 heterocycles. The van der Waals surface area contributed by atoms with Gasteiger partial charge in [-0.2, -0.15) is 5.26 Å². The van der Waals surface area contributed by atoms with E-state index in [1.807, 2.05) is 54.1 Å². The van der Waals surface area contributed by atoms with E-state index in [1.54, 1.807) is 6.33 Å². The predicted octanol–water partition coefficient (Wildman–Crippen LogP) is 3.18. The first-order valence-corrected chi connectivity index (χ1v) is 9.81. The van der Waals surface area contributed by atoms with Gasteiger partial charge in [0.1, 0.15) is 11.3 Å². The second kappa shape index (κ2) is 8.91. The lowest BCUT2D eigenvalue weighted by molar-refractivity contribution is -0.148. The zero-order valence-electron chi connectivity index (χ0n) is 16.7. The summed E-state index contributed by atoms with van der Waals surface area (Å²) in [6.45, 7) is 2.31. The van der Waals surface area contributed by atoms with Crippen LogP contribution in [0.5, 0.6) is 0 Å². The van der Waals surface area contributed by atoms with E-state index in [0.29, 0.717) is 18.7 Å². The molecule has 1 aromatic heterocycles. The SMILES string of the molecule is CCCCOC(=O)C(C#N)C[C@H]1C[C@]1(C(=O)OC)c1cn(-c2ccccc2)cn1. The van der Waals surface area contributed by atoms with Crippen LogP contribution >= 0.6 is 0 Å². The Bertz CT molecular complexity index is 902. The summed E-state index contributed by atoms with van der Waals surface area (Å²) in [5, 5.41) is 9.43. The lowest BCUT2D eigenvalue weighted by Gasteiger charge is -2.14. The summed E-state index contributed by atoms with van der Waals surface area (Å²) in [5.74, 6) is -2.02. The number of hydrogen-bond acceptors (Lipinski definition) is 6. The first-order chi connectivity index (χ1) is 14.1. The summed E-state index contributed by atoms with van der Waals surface area (Å²) < 4.78 is 12.1.